The number of aliphatic carboxylic acids is 1. The van der Waals surface area contributed by atoms with E-state index in [9.17, 15) is 14.7 Å². The minimum Gasteiger partial charge on any atom is -0.481 e. The molecule has 0 aliphatic carbocycles. The molecule has 0 fully saturated rings. The normalized spacial score (nSPS) is 13.3. The predicted octanol–water partition coefficient (Wildman–Crippen LogP) is 4.44. The molecule has 0 amide bonds. The van der Waals surface area contributed by atoms with E-state index in [1.165, 1.54) is 6.92 Å². The molecule has 23 heavy (non-hydrogen) atoms. The van der Waals surface area contributed by atoms with E-state index in [1.54, 1.807) is 0 Å². The van der Waals surface area contributed by atoms with Crippen LogP contribution in [0.3, 0.4) is 0 Å². The molecule has 0 spiro atoms. The number of benzene rings is 2. The van der Waals surface area contributed by atoms with Crippen molar-refractivity contribution >= 4 is 22.8 Å². The topological polar surface area (TPSA) is 54.4 Å². The third kappa shape index (κ3) is 4.70. The molecule has 0 aromatic heterocycles. The molecular formula is C19H20O3S. The van der Waals surface area contributed by atoms with E-state index in [4.69, 9.17) is 0 Å². The van der Waals surface area contributed by atoms with E-state index >= 15 is 0 Å². The Kier molecular flexibility index (Phi) is 5.99. The molecule has 120 valence electrons. The molecule has 3 nitrogen and oxygen atoms in total. The van der Waals surface area contributed by atoms with Crippen molar-refractivity contribution in [1.82, 2.24) is 0 Å². The Balaban J connectivity index is 2.16. The lowest BCUT2D eigenvalue weighted by atomic mass is 9.88. The molecule has 1 N–H and O–H groups in total. The van der Waals surface area contributed by atoms with E-state index < -0.39 is 11.9 Å². The number of carboxylic acid groups (broad SMARTS) is 1. The van der Waals surface area contributed by atoms with Crippen molar-refractivity contribution in [1.29, 1.82) is 0 Å². The second-order valence-electron chi connectivity index (χ2n) is 5.52. The fraction of sp³-hybridized carbons (Fsp3) is 0.263. The lowest BCUT2D eigenvalue weighted by molar-refractivity contribution is -0.141. The van der Waals surface area contributed by atoms with Gasteiger partial charge in [0.25, 0.3) is 0 Å². The van der Waals surface area contributed by atoms with Crippen LogP contribution in [-0.2, 0) is 9.59 Å². The van der Waals surface area contributed by atoms with Crippen molar-refractivity contribution in [3.63, 3.8) is 0 Å². The molecule has 0 aliphatic heterocycles. The maximum absolute atomic E-state index is 11.5. The Morgan fingerprint density at radius 3 is 2.09 bits per heavy atom. The molecule has 0 radical (unpaired) electrons. The van der Waals surface area contributed by atoms with E-state index in [0.29, 0.717) is 5.75 Å². The zero-order valence-corrected chi connectivity index (χ0v) is 14.0. The number of hydrogen-bond acceptors (Lipinski definition) is 3. The van der Waals surface area contributed by atoms with Crippen molar-refractivity contribution in [2.75, 3.05) is 5.75 Å². The highest BCUT2D eigenvalue weighted by Crippen LogP contribution is 2.29. The van der Waals surface area contributed by atoms with Crippen LogP contribution in [-0.4, -0.2) is 21.9 Å². The van der Waals surface area contributed by atoms with Crippen LogP contribution in [0.2, 0.25) is 0 Å². The van der Waals surface area contributed by atoms with Gasteiger partial charge < -0.3 is 5.11 Å². The minimum absolute atomic E-state index is 0.0529. The average Bonchev–Trinajstić information content (AvgIpc) is 2.55. The minimum atomic E-state index is -0.863. The summed E-state index contributed by atoms with van der Waals surface area (Å²) in [7, 11) is 0. The van der Waals surface area contributed by atoms with Gasteiger partial charge in [-0.1, -0.05) is 73.3 Å². The molecule has 0 aliphatic rings. The van der Waals surface area contributed by atoms with Crippen LogP contribution in [0.25, 0.3) is 11.1 Å². The summed E-state index contributed by atoms with van der Waals surface area (Å²) < 4.78 is 0. The first-order valence-corrected chi connectivity index (χ1v) is 8.49. The number of carboxylic acids is 1. The highest BCUT2D eigenvalue weighted by molar-refractivity contribution is 8.13. The van der Waals surface area contributed by atoms with Gasteiger partial charge in [-0.25, -0.2) is 0 Å². The van der Waals surface area contributed by atoms with Crippen molar-refractivity contribution in [2.24, 2.45) is 5.92 Å². The Bertz CT molecular complexity index is 665. The van der Waals surface area contributed by atoms with Gasteiger partial charge in [0.2, 0.25) is 0 Å². The molecule has 4 heteroatoms. The molecule has 0 bridgehead atoms. The Morgan fingerprint density at radius 1 is 1.00 bits per heavy atom. The number of rotatable bonds is 6. The lowest BCUT2D eigenvalue weighted by Gasteiger charge is -2.20. The molecule has 0 heterocycles. The van der Waals surface area contributed by atoms with Gasteiger partial charge in [0, 0.05) is 12.7 Å². The number of carbonyl (C=O) groups excluding carboxylic acids is 1. The Hall–Kier alpha value is -2.07. The van der Waals surface area contributed by atoms with Gasteiger partial charge in [0.15, 0.2) is 5.12 Å². The predicted molar refractivity (Wildman–Crippen MR) is 94.6 cm³/mol. The standard InChI is InChI=1S/C19H20O3S/c1-13(18(19(21)22)12-23-14(2)20)15-8-10-17(11-9-15)16-6-4-3-5-7-16/h3-11,13,18H,12H2,1-2H3,(H,21,22)/t13-,18-/m1/s1. The molecule has 0 saturated carbocycles. The molecule has 2 aromatic carbocycles. The number of thioether (sulfide) groups is 1. The van der Waals surface area contributed by atoms with Crippen LogP contribution < -0.4 is 0 Å². The van der Waals surface area contributed by atoms with Crippen LogP contribution in [0.15, 0.2) is 54.6 Å². The summed E-state index contributed by atoms with van der Waals surface area (Å²) in [6.45, 7) is 3.36. The van der Waals surface area contributed by atoms with Crippen LogP contribution in [0.1, 0.15) is 25.3 Å². The first kappa shape index (κ1) is 17.3. The highest BCUT2D eigenvalue weighted by atomic mass is 32.2. The fourth-order valence-corrected chi connectivity index (χ4v) is 3.32. The van der Waals surface area contributed by atoms with E-state index in [0.717, 1.165) is 28.5 Å². The maximum Gasteiger partial charge on any atom is 0.307 e. The second-order valence-corrected chi connectivity index (χ2v) is 6.72. The zero-order valence-electron chi connectivity index (χ0n) is 13.2. The van der Waals surface area contributed by atoms with Crippen LogP contribution >= 0.6 is 11.8 Å². The first-order valence-electron chi connectivity index (χ1n) is 7.50. The molecule has 2 aromatic rings. The van der Waals surface area contributed by atoms with Crippen molar-refractivity contribution in [2.45, 2.75) is 19.8 Å². The lowest BCUT2D eigenvalue weighted by Crippen LogP contribution is -2.23. The SMILES string of the molecule is CC(=O)SC[C@@H](C(=O)O)[C@H](C)c1ccc(-c2ccccc2)cc1. The van der Waals surface area contributed by atoms with E-state index in [2.05, 4.69) is 0 Å². The van der Waals surface area contributed by atoms with Gasteiger partial charge in [0.05, 0.1) is 5.92 Å². The van der Waals surface area contributed by atoms with Crippen LogP contribution in [0.4, 0.5) is 0 Å². The number of carbonyl (C=O) groups is 2. The summed E-state index contributed by atoms with van der Waals surface area (Å²) in [5, 5.41) is 9.37. The molecular weight excluding hydrogens is 308 g/mol. The molecule has 2 rings (SSSR count). The first-order chi connectivity index (χ1) is 11.0. The quantitative estimate of drug-likeness (QED) is 0.852. The van der Waals surface area contributed by atoms with Crippen LogP contribution in [0.5, 0.6) is 0 Å². The summed E-state index contributed by atoms with van der Waals surface area (Å²) >= 11 is 1.07. The van der Waals surface area contributed by atoms with Gasteiger partial charge in [-0.2, -0.15) is 0 Å². The molecule has 0 saturated heterocycles. The summed E-state index contributed by atoms with van der Waals surface area (Å²) in [6, 6.07) is 18.0. The van der Waals surface area contributed by atoms with Gasteiger partial charge in [-0.15, -0.1) is 0 Å². The third-order valence-corrected chi connectivity index (χ3v) is 4.86. The zero-order chi connectivity index (χ0) is 16.8. The largest absolute Gasteiger partial charge is 0.481 e. The van der Waals surface area contributed by atoms with Crippen molar-refractivity contribution < 1.29 is 14.7 Å². The van der Waals surface area contributed by atoms with Crippen LogP contribution in [0, 0.1) is 5.92 Å². The van der Waals surface area contributed by atoms with Gasteiger partial charge in [-0.05, 0) is 22.6 Å². The van der Waals surface area contributed by atoms with Crippen molar-refractivity contribution in [3.8, 4) is 11.1 Å². The average molecular weight is 328 g/mol. The summed E-state index contributed by atoms with van der Waals surface area (Å²) in [5.74, 6) is -1.29. The summed E-state index contributed by atoms with van der Waals surface area (Å²) in [6.07, 6.45) is 0. The van der Waals surface area contributed by atoms with Gasteiger partial charge in [-0.3, -0.25) is 9.59 Å². The maximum atomic E-state index is 11.5. The second kappa shape index (κ2) is 7.97. The smallest absolute Gasteiger partial charge is 0.307 e. The van der Waals surface area contributed by atoms with E-state index in [-0.39, 0.29) is 11.0 Å². The Labute approximate surface area is 140 Å². The van der Waals surface area contributed by atoms with Gasteiger partial charge >= 0.3 is 5.97 Å². The number of hydrogen-bond donors (Lipinski definition) is 1. The van der Waals surface area contributed by atoms with Crippen molar-refractivity contribution in [3.05, 3.63) is 60.2 Å². The molecule has 0 unspecified atom stereocenters. The Morgan fingerprint density at radius 2 is 1.57 bits per heavy atom. The monoisotopic (exact) mass is 328 g/mol. The summed E-state index contributed by atoms with van der Waals surface area (Å²) in [4.78, 5) is 22.6. The van der Waals surface area contributed by atoms with Gasteiger partial charge in [0.1, 0.15) is 0 Å². The third-order valence-electron chi connectivity index (χ3n) is 3.93. The molecule has 2 atom stereocenters. The summed E-state index contributed by atoms with van der Waals surface area (Å²) in [5.41, 5.74) is 3.21. The van der Waals surface area contributed by atoms with E-state index in [1.807, 2.05) is 61.5 Å². The fourth-order valence-electron chi connectivity index (χ4n) is 2.48. The highest BCUT2D eigenvalue weighted by Gasteiger charge is 2.26.